The number of nitrogens with one attached hydrogen (secondary N) is 1. The average molecular weight is 530 g/mol. The van der Waals surface area contributed by atoms with Crippen LogP contribution in [0.1, 0.15) is 33.9 Å². The van der Waals surface area contributed by atoms with Gasteiger partial charge in [-0.15, -0.1) is 0 Å². The fraction of sp³-hybridized carbons (Fsp3) is 0.167. The SMILES string of the molecule is Cc1ccc([C@H]2[C@@H](/C(=N\NS(=O)(=O)c3ccc(C)cc3)c3ccc(Cl)cc3)N2Cc2ccccc2)cc1. The molecule has 188 valence electrons. The number of hydrogen-bond acceptors (Lipinski definition) is 4. The summed E-state index contributed by atoms with van der Waals surface area (Å²) in [5.74, 6) is 0. The number of nitrogens with zero attached hydrogens (tertiary/aromatic N) is 2. The summed E-state index contributed by atoms with van der Waals surface area (Å²) in [7, 11) is -3.84. The number of aryl methyl sites for hydroxylation is 2. The van der Waals surface area contributed by atoms with Crippen molar-refractivity contribution in [3.05, 3.63) is 136 Å². The molecule has 0 radical (unpaired) electrons. The van der Waals surface area contributed by atoms with Crippen molar-refractivity contribution in [2.24, 2.45) is 5.10 Å². The molecule has 0 aliphatic carbocycles. The minimum Gasteiger partial charge on any atom is -0.280 e. The smallest absolute Gasteiger partial charge is 0.276 e. The predicted octanol–water partition coefficient (Wildman–Crippen LogP) is 6.27. The Morgan fingerprint density at radius 2 is 1.43 bits per heavy atom. The highest BCUT2D eigenvalue weighted by Crippen LogP contribution is 2.46. The first-order chi connectivity index (χ1) is 17.8. The van der Waals surface area contributed by atoms with E-state index in [1.165, 1.54) is 11.1 Å². The summed E-state index contributed by atoms with van der Waals surface area (Å²) < 4.78 is 26.2. The molecule has 1 aliphatic heterocycles. The summed E-state index contributed by atoms with van der Waals surface area (Å²) in [6.07, 6.45) is 0. The molecule has 3 atom stereocenters. The second-order valence-corrected chi connectivity index (χ2v) is 11.5. The van der Waals surface area contributed by atoms with Crippen LogP contribution >= 0.6 is 11.6 Å². The van der Waals surface area contributed by atoms with Gasteiger partial charge in [-0.25, -0.2) is 0 Å². The zero-order valence-electron chi connectivity index (χ0n) is 20.7. The maximum absolute atomic E-state index is 13.1. The molecule has 0 aromatic heterocycles. The summed E-state index contributed by atoms with van der Waals surface area (Å²) in [5.41, 5.74) is 5.97. The van der Waals surface area contributed by atoms with Crippen LogP contribution in [0.3, 0.4) is 0 Å². The minimum atomic E-state index is -3.84. The first kappa shape index (κ1) is 25.2. The van der Waals surface area contributed by atoms with Crippen molar-refractivity contribution in [2.45, 2.75) is 37.4 Å². The highest BCUT2D eigenvalue weighted by atomic mass is 35.5. The third-order valence-corrected chi connectivity index (χ3v) is 8.06. The summed E-state index contributed by atoms with van der Waals surface area (Å²) >= 11 is 6.17. The predicted molar refractivity (Wildman–Crippen MR) is 149 cm³/mol. The van der Waals surface area contributed by atoms with Gasteiger partial charge in [0.2, 0.25) is 0 Å². The number of benzene rings is 4. The number of rotatable bonds is 8. The zero-order valence-corrected chi connectivity index (χ0v) is 22.2. The van der Waals surface area contributed by atoms with Crippen LogP contribution in [0.15, 0.2) is 113 Å². The standard InChI is InChI=1S/C30H28ClN3O2S/c1-21-8-12-25(13-9-21)29-30(34(29)20-23-6-4-3-5-7-23)28(24-14-16-26(31)17-15-24)32-33-37(35,36)27-18-10-22(2)11-19-27/h3-19,29-30,33H,20H2,1-2H3/b32-28-/t29-,30+,34?/m0/s1. The first-order valence-corrected chi connectivity index (χ1v) is 14.0. The average Bonchev–Trinajstić information content (AvgIpc) is 3.59. The monoisotopic (exact) mass is 529 g/mol. The summed E-state index contributed by atoms with van der Waals surface area (Å²) in [6, 6.07) is 32.7. The van der Waals surface area contributed by atoms with Crippen molar-refractivity contribution < 1.29 is 8.42 Å². The van der Waals surface area contributed by atoms with Gasteiger partial charge in [0.15, 0.2) is 0 Å². The molecule has 1 aliphatic rings. The van der Waals surface area contributed by atoms with E-state index < -0.39 is 10.0 Å². The lowest BCUT2D eigenvalue weighted by Gasteiger charge is -2.10. The van der Waals surface area contributed by atoms with Crippen LogP contribution in [-0.4, -0.2) is 25.1 Å². The van der Waals surface area contributed by atoms with E-state index in [0.717, 1.165) is 16.7 Å². The molecular weight excluding hydrogens is 502 g/mol. The lowest BCUT2D eigenvalue weighted by molar-refractivity contribution is 0.497. The van der Waals surface area contributed by atoms with E-state index in [4.69, 9.17) is 11.6 Å². The maximum atomic E-state index is 13.1. The highest BCUT2D eigenvalue weighted by Gasteiger charge is 2.51. The Balaban J connectivity index is 1.53. The maximum Gasteiger partial charge on any atom is 0.276 e. The van der Waals surface area contributed by atoms with Crippen LogP contribution in [0, 0.1) is 13.8 Å². The Hall–Kier alpha value is -3.45. The van der Waals surface area contributed by atoms with Gasteiger partial charge in [0.1, 0.15) is 0 Å². The molecule has 37 heavy (non-hydrogen) atoms. The normalized spacial score (nSPS) is 19.4. The topological polar surface area (TPSA) is 61.5 Å². The molecule has 0 amide bonds. The van der Waals surface area contributed by atoms with Crippen molar-refractivity contribution in [1.29, 1.82) is 0 Å². The molecule has 5 rings (SSSR count). The zero-order chi connectivity index (χ0) is 26.0. The van der Waals surface area contributed by atoms with Gasteiger partial charge < -0.3 is 0 Å². The van der Waals surface area contributed by atoms with Crippen LogP contribution in [-0.2, 0) is 16.6 Å². The van der Waals surface area contributed by atoms with Crippen LogP contribution < -0.4 is 4.83 Å². The van der Waals surface area contributed by atoms with Crippen molar-refractivity contribution >= 4 is 27.3 Å². The van der Waals surface area contributed by atoms with Crippen LogP contribution in [0.2, 0.25) is 5.02 Å². The molecule has 0 spiro atoms. The molecule has 1 fully saturated rings. The van der Waals surface area contributed by atoms with E-state index in [9.17, 15) is 8.42 Å². The molecule has 5 nitrogen and oxygen atoms in total. The van der Waals surface area contributed by atoms with Gasteiger partial charge in [-0.1, -0.05) is 102 Å². The summed E-state index contributed by atoms with van der Waals surface area (Å²) in [4.78, 5) is 4.99. The third-order valence-electron chi connectivity index (χ3n) is 6.59. The lowest BCUT2D eigenvalue weighted by Crippen LogP contribution is -2.24. The molecule has 0 saturated carbocycles. The van der Waals surface area contributed by atoms with Crippen molar-refractivity contribution in [2.75, 3.05) is 0 Å². The molecule has 7 heteroatoms. The van der Waals surface area contributed by atoms with E-state index in [-0.39, 0.29) is 17.0 Å². The second-order valence-electron chi connectivity index (χ2n) is 9.37. The van der Waals surface area contributed by atoms with Crippen molar-refractivity contribution in [3.63, 3.8) is 0 Å². The van der Waals surface area contributed by atoms with E-state index in [0.29, 0.717) is 17.3 Å². The molecule has 1 saturated heterocycles. The molecular formula is C30H28ClN3O2S. The first-order valence-electron chi connectivity index (χ1n) is 12.1. The van der Waals surface area contributed by atoms with E-state index >= 15 is 0 Å². The van der Waals surface area contributed by atoms with Crippen LogP contribution in [0.5, 0.6) is 0 Å². The van der Waals surface area contributed by atoms with Crippen molar-refractivity contribution in [3.8, 4) is 0 Å². The molecule has 1 unspecified atom stereocenters. The Labute approximate surface area is 223 Å². The highest BCUT2D eigenvalue weighted by molar-refractivity contribution is 7.89. The van der Waals surface area contributed by atoms with Gasteiger partial charge in [0.05, 0.1) is 22.7 Å². The summed E-state index contributed by atoms with van der Waals surface area (Å²) in [6.45, 7) is 4.69. The van der Waals surface area contributed by atoms with Crippen LogP contribution in [0.25, 0.3) is 0 Å². The molecule has 1 N–H and O–H groups in total. The van der Waals surface area contributed by atoms with Gasteiger partial charge >= 0.3 is 0 Å². The number of hydrogen-bond donors (Lipinski definition) is 1. The number of halogens is 1. The largest absolute Gasteiger partial charge is 0.280 e. The minimum absolute atomic E-state index is 0.0547. The lowest BCUT2D eigenvalue weighted by atomic mass is 10.0. The molecule has 0 bridgehead atoms. The molecule has 4 aromatic rings. The second kappa shape index (κ2) is 10.5. The number of hydrazone groups is 1. The summed E-state index contributed by atoms with van der Waals surface area (Å²) in [5, 5.41) is 5.14. The Kier molecular flexibility index (Phi) is 7.15. The Bertz CT molecular complexity index is 1500. The molecule has 4 aromatic carbocycles. The fourth-order valence-electron chi connectivity index (χ4n) is 4.51. The molecule has 1 heterocycles. The fourth-order valence-corrected chi connectivity index (χ4v) is 5.46. The van der Waals surface area contributed by atoms with E-state index in [1.54, 1.807) is 36.4 Å². The Morgan fingerprint density at radius 3 is 2.05 bits per heavy atom. The number of sulfonamides is 1. The van der Waals surface area contributed by atoms with Gasteiger partial charge in [0.25, 0.3) is 10.0 Å². The van der Waals surface area contributed by atoms with E-state index in [1.807, 2.05) is 37.3 Å². The van der Waals surface area contributed by atoms with Crippen molar-refractivity contribution in [1.82, 2.24) is 9.73 Å². The third kappa shape index (κ3) is 5.77. The van der Waals surface area contributed by atoms with Crippen LogP contribution in [0.4, 0.5) is 0 Å². The quantitative estimate of drug-likeness (QED) is 0.166. The van der Waals surface area contributed by atoms with E-state index in [2.05, 4.69) is 58.2 Å². The van der Waals surface area contributed by atoms with Gasteiger partial charge in [-0.05, 0) is 54.8 Å². The Morgan fingerprint density at radius 1 is 0.838 bits per heavy atom. The van der Waals surface area contributed by atoms with Gasteiger partial charge in [-0.2, -0.15) is 18.4 Å². The van der Waals surface area contributed by atoms with Gasteiger partial charge in [0, 0.05) is 11.6 Å². The van der Waals surface area contributed by atoms with Gasteiger partial charge in [-0.3, -0.25) is 4.90 Å².